The number of fused-ring (bicyclic) bond motifs is 1. The van der Waals surface area contributed by atoms with Crippen LogP contribution in [0.4, 0.5) is 17.3 Å². The van der Waals surface area contributed by atoms with E-state index in [-0.39, 0.29) is 0 Å². The molecule has 0 aliphatic carbocycles. The van der Waals surface area contributed by atoms with E-state index in [1.165, 1.54) is 5.56 Å². The van der Waals surface area contributed by atoms with Crippen LogP contribution in [0, 0.1) is 0 Å². The highest BCUT2D eigenvalue weighted by atomic mass is 15.1. The molecule has 0 atom stereocenters. The Balaban J connectivity index is 1.97. The smallest absolute Gasteiger partial charge is 0.180 e. The zero-order chi connectivity index (χ0) is 13.2. The number of aryl methyl sites for hydroxylation is 1. The third kappa shape index (κ3) is 2.22. The van der Waals surface area contributed by atoms with Crippen molar-refractivity contribution in [3.05, 3.63) is 48.4 Å². The summed E-state index contributed by atoms with van der Waals surface area (Å²) in [5, 5.41) is 3.25. The fourth-order valence-corrected chi connectivity index (χ4v) is 2.00. The maximum Gasteiger partial charge on any atom is 0.180 e. The SMILES string of the molecule is CCc1ccc(Nc2nc(N)cn3ccnc23)cc1. The highest BCUT2D eigenvalue weighted by Gasteiger charge is 2.06. The molecule has 1 aromatic carbocycles. The molecule has 2 aromatic heterocycles. The maximum absolute atomic E-state index is 5.78. The largest absolute Gasteiger partial charge is 0.382 e. The molecule has 0 spiro atoms. The van der Waals surface area contributed by atoms with Gasteiger partial charge in [-0.05, 0) is 24.1 Å². The van der Waals surface area contributed by atoms with Crippen LogP contribution in [-0.2, 0) is 6.42 Å². The molecule has 96 valence electrons. The number of benzene rings is 1. The summed E-state index contributed by atoms with van der Waals surface area (Å²) in [6.07, 6.45) is 6.34. The number of hydrogen-bond acceptors (Lipinski definition) is 4. The van der Waals surface area contributed by atoms with E-state index < -0.39 is 0 Å². The monoisotopic (exact) mass is 253 g/mol. The van der Waals surface area contributed by atoms with Gasteiger partial charge in [-0.3, -0.25) is 0 Å². The first kappa shape index (κ1) is 11.5. The molecule has 5 nitrogen and oxygen atoms in total. The van der Waals surface area contributed by atoms with Gasteiger partial charge in [-0.2, -0.15) is 0 Å². The van der Waals surface area contributed by atoms with E-state index >= 15 is 0 Å². The summed E-state index contributed by atoms with van der Waals surface area (Å²) in [4.78, 5) is 8.57. The number of anilines is 3. The minimum atomic E-state index is 0.457. The number of hydrogen-bond donors (Lipinski definition) is 2. The molecular formula is C14H15N5. The van der Waals surface area contributed by atoms with Gasteiger partial charge in [0.05, 0.1) is 6.20 Å². The highest BCUT2D eigenvalue weighted by Crippen LogP contribution is 2.20. The van der Waals surface area contributed by atoms with Crippen molar-refractivity contribution < 1.29 is 0 Å². The van der Waals surface area contributed by atoms with Crippen molar-refractivity contribution in [3.8, 4) is 0 Å². The normalized spacial score (nSPS) is 10.8. The zero-order valence-electron chi connectivity index (χ0n) is 10.7. The van der Waals surface area contributed by atoms with E-state index in [0.29, 0.717) is 11.6 Å². The van der Waals surface area contributed by atoms with Crippen molar-refractivity contribution in [2.75, 3.05) is 11.1 Å². The minimum Gasteiger partial charge on any atom is -0.382 e. The molecule has 0 saturated heterocycles. The lowest BCUT2D eigenvalue weighted by molar-refractivity contribution is 1.13. The molecule has 2 heterocycles. The fraction of sp³-hybridized carbons (Fsp3) is 0.143. The first-order valence-corrected chi connectivity index (χ1v) is 6.21. The molecule has 0 aliphatic rings. The van der Waals surface area contributed by atoms with Gasteiger partial charge in [-0.25, -0.2) is 9.97 Å². The number of nitrogens with zero attached hydrogens (tertiary/aromatic N) is 3. The third-order valence-electron chi connectivity index (χ3n) is 3.02. The molecule has 0 aliphatic heterocycles. The maximum atomic E-state index is 5.78. The number of nitrogens with two attached hydrogens (primary N) is 1. The highest BCUT2D eigenvalue weighted by molar-refractivity contribution is 5.71. The Morgan fingerprint density at radius 3 is 2.79 bits per heavy atom. The lowest BCUT2D eigenvalue weighted by Crippen LogP contribution is -2.01. The molecule has 3 N–H and O–H groups in total. The van der Waals surface area contributed by atoms with Crippen LogP contribution in [0.25, 0.3) is 5.65 Å². The molecule has 3 aromatic rings. The molecule has 3 rings (SSSR count). The van der Waals surface area contributed by atoms with Gasteiger partial charge < -0.3 is 15.5 Å². The Morgan fingerprint density at radius 2 is 2.05 bits per heavy atom. The lowest BCUT2D eigenvalue weighted by Gasteiger charge is -2.08. The van der Waals surface area contributed by atoms with Crippen LogP contribution in [-0.4, -0.2) is 14.4 Å². The Bertz CT molecular complexity index is 699. The van der Waals surface area contributed by atoms with Gasteiger partial charge in [0.1, 0.15) is 5.82 Å². The topological polar surface area (TPSA) is 68.2 Å². The first-order chi connectivity index (χ1) is 9.26. The summed E-state index contributed by atoms with van der Waals surface area (Å²) in [5.41, 5.74) is 8.82. The number of nitrogen functional groups attached to an aromatic ring is 1. The number of aromatic nitrogens is 3. The van der Waals surface area contributed by atoms with Crippen molar-refractivity contribution in [2.45, 2.75) is 13.3 Å². The van der Waals surface area contributed by atoms with Gasteiger partial charge in [0, 0.05) is 18.1 Å². The number of imidazole rings is 1. The molecule has 0 radical (unpaired) electrons. The Labute approximate surface area is 111 Å². The average Bonchev–Trinajstić information content (AvgIpc) is 2.88. The second-order valence-corrected chi connectivity index (χ2v) is 4.35. The quantitative estimate of drug-likeness (QED) is 0.753. The molecule has 0 fully saturated rings. The Kier molecular flexibility index (Phi) is 2.79. The summed E-state index contributed by atoms with van der Waals surface area (Å²) >= 11 is 0. The van der Waals surface area contributed by atoms with E-state index in [4.69, 9.17) is 5.73 Å². The molecule has 0 amide bonds. The van der Waals surface area contributed by atoms with Crippen molar-refractivity contribution in [1.29, 1.82) is 0 Å². The van der Waals surface area contributed by atoms with E-state index in [1.54, 1.807) is 12.4 Å². The van der Waals surface area contributed by atoms with Crippen LogP contribution < -0.4 is 11.1 Å². The van der Waals surface area contributed by atoms with Crippen LogP contribution in [0.5, 0.6) is 0 Å². The first-order valence-electron chi connectivity index (χ1n) is 6.21. The minimum absolute atomic E-state index is 0.457. The van der Waals surface area contributed by atoms with Gasteiger partial charge in [0.15, 0.2) is 11.5 Å². The van der Waals surface area contributed by atoms with E-state index in [9.17, 15) is 0 Å². The average molecular weight is 253 g/mol. The summed E-state index contributed by atoms with van der Waals surface area (Å²) < 4.78 is 1.85. The summed E-state index contributed by atoms with van der Waals surface area (Å²) in [5.74, 6) is 1.12. The van der Waals surface area contributed by atoms with E-state index in [0.717, 1.165) is 17.8 Å². The van der Waals surface area contributed by atoms with E-state index in [2.05, 4.69) is 34.3 Å². The standard InChI is InChI=1S/C14H15N5/c1-2-10-3-5-11(6-4-10)17-13-14-16-7-8-19(14)9-12(15)18-13/h3-9H,2,15H2,1H3,(H,17,18). The van der Waals surface area contributed by atoms with Crippen molar-refractivity contribution >= 4 is 23.0 Å². The van der Waals surface area contributed by atoms with E-state index in [1.807, 2.05) is 22.7 Å². The number of rotatable bonds is 3. The second kappa shape index (κ2) is 4.61. The van der Waals surface area contributed by atoms with Crippen molar-refractivity contribution in [1.82, 2.24) is 14.4 Å². The van der Waals surface area contributed by atoms with Gasteiger partial charge in [-0.15, -0.1) is 0 Å². The zero-order valence-corrected chi connectivity index (χ0v) is 10.7. The summed E-state index contributed by atoms with van der Waals surface area (Å²) in [6, 6.07) is 8.25. The predicted molar refractivity (Wildman–Crippen MR) is 76.5 cm³/mol. The van der Waals surface area contributed by atoms with Gasteiger partial charge >= 0.3 is 0 Å². The molecule has 5 heteroatoms. The molecular weight excluding hydrogens is 238 g/mol. The Morgan fingerprint density at radius 1 is 1.26 bits per heavy atom. The van der Waals surface area contributed by atoms with Gasteiger partial charge in [-0.1, -0.05) is 19.1 Å². The molecule has 0 bridgehead atoms. The van der Waals surface area contributed by atoms with Crippen LogP contribution in [0.15, 0.2) is 42.9 Å². The predicted octanol–water partition coefficient (Wildman–Crippen LogP) is 2.62. The lowest BCUT2D eigenvalue weighted by atomic mass is 10.1. The van der Waals surface area contributed by atoms with Crippen molar-refractivity contribution in [2.24, 2.45) is 0 Å². The van der Waals surface area contributed by atoms with Crippen LogP contribution >= 0.6 is 0 Å². The van der Waals surface area contributed by atoms with Crippen LogP contribution in [0.3, 0.4) is 0 Å². The Hall–Kier alpha value is -2.56. The van der Waals surface area contributed by atoms with Gasteiger partial charge in [0.2, 0.25) is 0 Å². The summed E-state index contributed by atoms with van der Waals surface area (Å²) in [7, 11) is 0. The molecule has 19 heavy (non-hydrogen) atoms. The fourth-order valence-electron chi connectivity index (χ4n) is 2.00. The second-order valence-electron chi connectivity index (χ2n) is 4.35. The summed E-state index contributed by atoms with van der Waals surface area (Å²) in [6.45, 7) is 2.13. The van der Waals surface area contributed by atoms with Crippen LogP contribution in [0.2, 0.25) is 0 Å². The molecule has 0 unspecified atom stereocenters. The van der Waals surface area contributed by atoms with Crippen LogP contribution in [0.1, 0.15) is 12.5 Å². The third-order valence-corrected chi connectivity index (χ3v) is 3.02. The molecule has 0 saturated carbocycles. The number of nitrogens with one attached hydrogen (secondary N) is 1. The van der Waals surface area contributed by atoms with Crippen molar-refractivity contribution in [3.63, 3.8) is 0 Å². The van der Waals surface area contributed by atoms with Gasteiger partial charge in [0.25, 0.3) is 0 Å².